The highest BCUT2D eigenvalue weighted by Crippen LogP contribution is 2.26. The fourth-order valence-corrected chi connectivity index (χ4v) is 3.54. The second kappa shape index (κ2) is 9.38. The molecular weight excluding hydrogens is 429 g/mol. The van der Waals surface area contributed by atoms with Crippen molar-refractivity contribution in [3.63, 3.8) is 0 Å². The second-order valence-electron chi connectivity index (χ2n) is 7.62. The molecule has 0 bridgehead atoms. The van der Waals surface area contributed by atoms with Gasteiger partial charge in [0.1, 0.15) is 5.82 Å². The van der Waals surface area contributed by atoms with E-state index >= 15 is 0 Å². The van der Waals surface area contributed by atoms with Gasteiger partial charge in [0.25, 0.3) is 5.91 Å². The molecule has 0 saturated heterocycles. The lowest BCUT2D eigenvalue weighted by molar-refractivity contribution is 0.102. The van der Waals surface area contributed by atoms with Gasteiger partial charge < -0.3 is 16.0 Å². The summed E-state index contributed by atoms with van der Waals surface area (Å²) in [6.45, 7) is 0. The Bertz CT molecular complexity index is 1440. The average Bonchev–Trinajstić information content (AvgIpc) is 2.87. The van der Waals surface area contributed by atoms with Gasteiger partial charge in [-0.05, 0) is 78.9 Å². The highest BCUT2D eigenvalue weighted by molar-refractivity contribution is 6.04. The predicted molar refractivity (Wildman–Crippen MR) is 133 cm³/mol. The minimum absolute atomic E-state index is 0.210. The molecule has 0 atom stereocenters. The Morgan fingerprint density at radius 2 is 1.38 bits per heavy atom. The molecule has 1 amide bonds. The summed E-state index contributed by atoms with van der Waals surface area (Å²) in [4.78, 5) is 20.8. The van der Waals surface area contributed by atoms with Crippen molar-refractivity contribution >= 4 is 45.2 Å². The molecule has 6 nitrogen and oxygen atoms in total. The van der Waals surface area contributed by atoms with E-state index in [1.807, 2.05) is 66.7 Å². The first kappa shape index (κ1) is 21.1. The van der Waals surface area contributed by atoms with Crippen molar-refractivity contribution in [2.75, 3.05) is 16.0 Å². The van der Waals surface area contributed by atoms with Crippen molar-refractivity contribution in [3.05, 3.63) is 115 Å². The van der Waals surface area contributed by atoms with Gasteiger partial charge in [-0.1, -0.05) is 6.07 Å². The van der Waals surface area contributed by atoms with Crippen LogP contribution in [0.25, 0.3) is 10.9 Å². The number of nitrogens with one attached hydrogen (secondary N) is 3. The lowest BCUT2D eigenvalue weighted by atomic mass is 10.1. The Labute approximate surface area is 195 Å². The topological polar surface area (TPSA) is 78.9 Å². The molecule has 34 heavy (non-hydrogen) atoms. The Kier molecular flexibility index (Phi) is 5.82. The van der Waals surface area contributed by atoms with Crippen LogP contribution in [-0.4, -0.2) is 15.9 Å². The van der Waals surface area contributed by atoms with E-state index in [9.17, 15) is 9.18 Å². The van der Waals surface area contributed by atoms with Crippen LogP contribution in [-0.2, 0) is 0 Å². The van der Waals surface area contributed by atoms with Gasteiger partial charge in [0.15, 0.2) is 0 Å². The van der Waals surface area contributed by atoms with Crippen LogP contribution in [0.1, 0.15) is 10.4 Å². The first-order valence-electron chi connectivity index (χ1n) is 10.6. The van der Waals surface area contributed by atoms with Crippen LogP contribution in [0.2, 0.25) is 0 Å². The molecule has 0 aliphatic carbocycles. The lowest BCUT2D eigenvalue weighted by Gasteiger charge is -2.11. The van der Waals surface area contributed by atoms with Crippen LogP contribution in [0, 0.1) is 5.82 Å². The number of hydrogen-bond acceptors (Lipinski definition) is 5. The molecule has 0 saturated carbocycles. The summed E-state index contributed by atoms with van der Waals surface area (Å²) in [5, 5.41) is 10.1. The van der Waals surface area contributed by atoms with Crippen LogP contribution in [0.3, 0.4) is 0 Å². The molecule has 7 heteroatoms. The van der Waals surface area contributed by atoms with Crippen molar-refractivity contribution in [1.29, 1.82) is 0 Å². The smallest absolute Gasteiger partial charge is 0.255 e. The zero-order valence-corrected chi connectivity index (χ0v) is 18.0. The normalized spacial score (nSPS) is 10.6. The third kappa shape index (κ3) is 4.83. The number of carbonyl (C=O) groups excluding carboxylic acids is 1. The zero-order chi connectivity index (χ0) is 23.3. The highest BCUT2D eigenvalue weighted by Gasteiger charge is 2.08. The number of rotatable bonds is 6. The Hall–Kier alpha value is -4.78. The Morgan fingerprint density at radius 3 is 2.15 bits per heavy atom. The van der Waals surface area contributed by atoms with Gasteiger partial charge in [0, 0.05) is 51.8 Å². The van der Waals surface area contributed by atoms with E-state index in [0.29, 0.717) is 22.2 Å². The number of fused-ring (bicyclic) bond motifs is 1. The van der Waals surface area contributed by atoms with Crippen LogP contribution in [0.15, 0.2) is 104 Å². The van der Waals surface area contributed by atoms with Gasteiger partial charge in [0.2, 0.25) is 0 Å². The molecule has 0 radical (unpaired) electrons. The average molecular weight is 449 g/mol. The molecule has 5 aromatic rings. The van der Waals surface area contributed by atoms with Gasteiger partial charge >= 0.3 is 0 Å². The standard InChI is InChI=1S/C27H20FN5O/c28-19-16-24-25(30-17-19)2-1-3-26(24)32-21-6-4-18(5-7-21)27(34)33-22-10-8-20(9-11-22)31-23-12-14-29-15-13-23/h1-17,32H,(H,29,31)(H,33,34). The third-order valence-electron chi connectivity index (χ3n) is 5.23. The van der Waals surface area contributed by atoms with Crippen molar-refractivity contribution in [2.24, 2.45) is 0 Å². The van der Waals surface area contributed by atoms with Crippen molar-refractivity contribution in [3.8, 4) is 0 Å². The Balaban J connectivity index is 1.24. The molecule has 0 aliphatic heterocycles. The highest BCUT2D eigenvalue weighted by atomic mass is 19.1. The minimum atomic E-state index is -0.394. The van der Waals surface area contributed by atoms with Crippen LogP contribution in [0.4, 0.5) is 32.8 Å². The number of halogens is 1. The van der Waals surface area contributed by atoms with E-state index in [2.05, 4.69) is 25.9 Å². The fraction of sp³-hybridized carbons (Fsp3) is 0. The molecular formula is C27H20FN5O. The van der Waals surface area contributed by atoms with E-state index in [4.69, 9.17) is 0 Å². The quantitative estimate of drug-likeness (QED) is 0.275. The predicted octanol–water partition coefficient (Wildman–Crippen LogP) is 6.51. The van der Waals surface area contributed by atoms with Crippen molar-refractivity contribution in [1.82, 2.24) is 9.97 Å². The zero-order valence-electron chi connectivity index (χ0n) is 18.0. The largest absolute Gasteiger partial charge is 0.355 e. The lowest BCUT2D eigenvalue weighted by Crippen LogP contribution is -2.11. The number of amides is 1. The number of benzene rings is 3. The number of carbonyl (C=O) groups is 1. The van der Waals surface area contributed by atoms with E-state index in [1.54, 1.807) is 24.5 Å². The molecule has 2 aromatic heterocycles. The number of anilines is 5. The van der Waals surface area contributed by atoms with Gasteiger partial charge in [-0.15, -0.1) is 0 Å². The summed E-state index contributed by atoms with van der Waals surface area (Å²) in [6, 6.07) is 25.3. The van der Waals surface area contributed by atoms with E-state index < -0.39 is 5.82 Å². The van der Waals surface area contributed by atoms with E-state index in [1.165, 1.54) is 12.3 Å². The number of nitrogens with zero attached hydrogens (tertiary/aromatic N) is 2. The summed E-state index contributed by atoms with van der Waals surface area (Å²) in [5.41, 5.74) is 5.27. The summed E-state index contributed by atoms with van der Waals surface area (Å²) < 4.78 is 13.7. The number of aromatic nitrogens is 2. The maximum Gasteiger partial charge on any atom is 0.255 e. The van der Waals surface area contributed by atoms with Gasteiger partial charge in [-0.3, -0.25) is 14.8 Å². The molecule has 0 unspecified atom stereocenters. The maximum atomic E-state index is 13.7. The molecule has 0 aliphatic rings. The molecule has 166 valence electrons. The van der Waals surface area contributed by atoms with E-state index in [0.717, 1.165) is 22.7 Å². The van der Waals surface area contributed by atoms with Gasteiger partial charge in [-0.25, -0.2) is 4.39 Å². The first-order chi connectivity index (χ1) is 16.6. The molecule has 5 rings (SSSR count). The van der Waals surface area contributed by atoms with Crippen molar-refractivity contribution in [2.45, 2.75) is 0 Å². The number of pyridine rings is 2. The first-order valence-corrected chi connectivity index (χ1v) is 10.6. The molecule has 2 heterocycles. The molecule has 0 fully saturated rings. The van der Waals surface area contributed by atoms with E-state index in [-0.39, 0.29) is 5.91 Å². The van der Waals surface area contributed by atoms with Crippen molar-refractivity contribution < 1.29 is 9.18 Å². The molecule has 3 N–H and O–H groups in total. The SMILES string of the molecule is O=C(Nc1ccc(Nc2ccncc2)cc1)c1ccc(Nc2cccc3ncc(F)cc23)cc1. The maximum absolute atomic E-state index is 13.7. The third-order valence-corrected chi connectivity index (χ3v) is 5.23. The summed E-state index contributed by atoms with van der Waals surface area (Å²) in [7, 11) is 0. The molecule has 3 aromatic carbocycles. The fourth-order valence-electron chi connectivity index (χ4n) is 3.54. The van der Waals surface area contributed by atoms with Gasteiger partial charge in [-0.2, -0.15) is 0 Å². The van der Waals surface area contributed by atoms with Crippen LogP contribution >= 0.6 is 0 Å². The van der Waals surface area contributed by atoms with Crippen LogP contribution < -0.4 is 16.0 Å². The summed E-state index contributed by atoms with van der Waals surface area (Å²) in [6.07, 6.45) is 4.64. The Morgan fingerprint density at radius 1 is 0.735 bits per heavy atom. The number of hydrogen-bond donors (Lipinski definition) is 3. The summed E-state index contributed by atoms with van der Waals surface area (Å²) >= 11 is 0. The summed E-state index contributed by atoms with van der Waals surface area (Å²) in [5.74, 6) is -0.604. The van der Waals surface area contributed by atoms with Crippen LogP contribution in [0.5, 0.6) is 0 Å². The monoisotopic (exact) mass is 449 g/mol. The minimum Gasteiger partial charge on any atom is -0.355 e. The molecule has 0 spiro atoms. The van der Waals surface area contributed by atoms with Gasteiger partial charge in [0.05, 0.1) is 11.7 Å². The second-order valence-corrected chi connectivity index (χ2v) is 7.62.